The topological polar surface area (TPSA) is 215 Å². The molecule has 13 heteroatoms. The molecule has 3 rings (SSSR count). The number of hydrogen-bond donors (Lipinski definition) is 6. The van der Waals surface area contributed by atoms with E-state index in [-0.39, 0.29) is 19.6 Å². The lowest BCUT2D eigenvalue weighted by Crippen LogP contribution is -2.40. The van der Waals surface area contributed by atoms with Crippen LogP contribution in [0.15, 0.2) is 97.6 Å². The van der Waals surface area contributed by atoms with Crippen LogP contribution in [-0.4, -0.2) is 63.5 Å². The third-order valence-electron chi connectivity index (χ3n) is 6.88. The molecule has 0 aliphatic heterocycles. The number of allylic oxidation sites excluding steroid dienone is 1. The van der Waals surface area contributed by atoms with Gasteiger partial charge in [-0.1, -0.05) is 90.9 Å². The Labute approximate surface area is 286 Å². The predicted octanol–water partition coefficient (Wildman–Crippen LogP) is 5.56. The van der Waals surface area contributed by atoms with Crippen LogP contribution in [0.3, 0.4) is 0 Å². The van der Waals surface area contributed by atoms with E-state index in [1.165, 1.54) is 24.1 Å². The van der Waals surface area contributed by atoms with Crippen molar-refractivity contribution in [2.45, 2.75) is 82.7 Å². The van der Waals surface area contributed by atoms with Gasteiger partial charge in [0.05, 0.1) is 0 Å². The van der Waals surface area contributed by atoms with Crippen molar-refractivity contribution >= 4 is 30.1 Å². The van der Waals surface area contributed by atoms with Crippen LogP contribution in [0.5, 0.6) is 0 Å². The fourth-order valence-corrected chi connectivity index (χ4v) is 4.20. The quantitative estimate of drug-likeness (QED) is 0.128. The summed E-state index contributed by atoms with van der Waals surface area (Å²) in [5.74, 6) is -3.15. The SMILES string of the molecule is C=CC[C@@H](N)C(=O)O.C=CC[C@@H](NC(=O)OCc1ccccc1)C(=O)O.O=C(N[C@H](CC=C1CCCCC1)C(=O)O)OCc1ccccc1. The lowest BCUT2D eigenvalue weighted by molar-refractivity contribution is -0.140. The summed E-state index contributed by atoms with van der Waals surface area (Å²) in [7, 11) is 0. The first-order valence-corrected chi connectivity index (χ1v) is 15.7. The highest BCUT2D eigenvalue weighted by atomic mass is 16.6. The predicted molar refractivity (Wildman–Crippen MR) is 183 cm³/mol. The molecular formula is C36H47N3O10. The van der Waals surface area contributed by atoms with Gasteiger partial charge in [0.2, 0.25) is 0 Å². The first kappa shape index (κ1) is 41.6. The minimum atomic E-state index is -1.12. The number of rotatable bonds is 15. The molecule has 0 spiro atoms. The smallest absolute Gasteiger partial charge is 0.408 e. The van der Waals surface area contributed by atoms with Crippen LogP contribution in [0.25, 0.3) is 0 Å². The number of carboxylic acid groups (broad SMARTS) is 3. The van der Waals surface area contributed by atoms with Gasteiger partial charge in [-0.3, -0.25) is 4.79 Å². The highest BCUT2D eigenvalue weighted by Gasteiger charge is 2.20. The van der Waals surface area contributed by atoms with E-state index in [0.717, 1.165) is 36.8 Å². The number of aliphatic carboxylic acids is 3. The maximum atomic E-state index is 11.8. The van der Waals surface area contributed by atoms with E-state index < -0.39 is 48.2 Å². The summed E-state index contributed by atoms with van der Waals surface area (Å²) >= 11 is 0. The van der Waals surface area contributed by atoms with Gasteiger partial charge in [0.15, 0.2) is 0 Å². The summed E-state index contributed by atoms with van der Waals surface area (Å²) in [5, 5.41) is 30.9. The Kier molecular flexibility index (Phi) is 21.0. The van der Waals surface area contributed by atoms with Crippen molar-refractivity contribution in [1.29, 1.82) is 0 Å². The number of alkyl carbamates (subject to hydrolysis) is 2. The van der Waals surface area contributed by atoms with E-state index in [2.05, 4.69) is 23.8 Å². The van der Waals surface area contributed by atoms with Crippen molar-refractivity contribution in [2.75, 3.05) is 0 Å². The molecule has 2 aromatic rings. The number of nitrogens with one attached hydrogen (secondary N) is 2. The first-order valence-electron chi connectivity index (χ1n) is 15.7. The van der Waals surface area contributed by atoms with Crippen molar-refractivity contribution in [1.82, 2.24) is 10.6 Å². The molecule has 2 amide bonds. The zero-order valence-corrected chi connectivity index (χ0v) is 27.5. The largest absolute Gasteiger partial charge is 0.480 e. The zero-order valence-electron chi connectivity index (χ0n) is 27.5. The van der Waals surface area contributed by atoms with Crippen LogP contribution < -0.4 is 16.4 Å². The monoisotopic (exact) mass is 681 g/mol. The Balaban J connectivity index is 0.000000410. The van der Waals surface area contributed by atoms with Crippen molar-refractivity contribution in [3.05, 3.63) is 109 Å². The zero-order chi connectivity index (χ0) is 36.4. The number of ether oxygens (including phenoxy) is 2. The van der Waals surface area contributed by atoms with E-state index in [1.807, 2.05) is 66.7 Å². The third-order valence-corrected chi connectivity index (χ3v) is 6.88. The molecule has 7 N–H and O–H groups in total. The van der Waals surface area contributed by atoms with Gasteiger partial charge >= 0.3 is 30.1 Å². The average Bonchev–Trinajstić information content (AvgIpc) is 3.10. The molecule has 0 unspecified atom stereocenters. The number of carbonyl (C=O) groups is 5. The third kappa shape index (κ3) is 19.7. The molecule has 0 heterocycles. The molecule has 266 valence electrons. The summed E-state index contributed by atoms with van der Waals surface area (Å²) < 4.78 is 9.97. The maximum Gasteiger partial charge on any atom is 0.408 e. The maximum absolute atomic E-state index is 11.8. The average molecular weight is 682 g/mol. The number of benzene rings is 2. The lowest BCUT2D eigenvalue weighted by Gasteiger charge is -2.16. The van der Waals surface area contributed by atoms with Gasteiger partial charge in [-0.25, -0.2) is 19.2 Å². The van der Waals surface area contributed by atoms with Gasteiger partial charge in [0, 0.05) is 0 Å². The molecule has 0 aromatic heterocycles. The molecule has 13 nitrogen and oxygen atoms in total. The molecule has 0 bridgehead atoms. The second kappa shape index (κ2) is 24.7. The first-order chi connectivity index (χ1) is 23.5. The molecule has 1 aliphatic carbocycles. The van der Waals surface area contributed by atoms with Crippen LogP contribution in [0.4, 0.5) is 9.59 Å². The Hall–Kier alpha value is -5.43. The summed E-state index contributed by atoms with van der Waals surface area (Å²) in [6, 6.07) is 15.7. The lowest BCUT2D eigenvalue weighted by atomic mass is 9.93. The van der Waals surface area contributed by atoms with Crippen molar-refractivity contribution in [2.24, 2.45) is 5.73 Å². The van der Waals surface area contributed by atoms with Gasteiger partial charge in [0.1, 0.15) is 31.3 Å². The fraction of sp³-hybridized carbons (Fsp3) is 0.361. The van der Waals surface area contributed by atoms with Crippen LogP contribution in [0, 0.1) is 0 Å². The van der Waals surface area contributed by atoms with Gasteiger partial charge in [-0.05, 0) is 56.1 Å². The van der Waals surface area contributed by atoms with Gasteiger partial charge in [-0.2, -0.15) is 0 Å². The number of carboxylic acids is 3. The summed E-state index contributed by atoms with van der Waals surface area (Å²) in [5.41, 5.74) is 8.05. The van der Waals surface area contributed by atoms with Crippen LogP contribution in [0.1, 0.15) is 62.5 Å². The van der Waals surface area contributed by atoms with Crippen molar-refractivity contribution < 1.29 is 48.8 Å². The van der Waals surface area contributed by atoms with Crippen LogP contribution in [0.2, 0.25) is 0 Å². The minimum absolute atomic E-state index is 0.104. The highest BCUT2D eigenvalue weighted by Crippen LogP contribution is 2.23. The fourth-order valence-electron chi connectivity index (χ4n) is 4.20. The second-order valence-electron chi connectivity index (χ2n) is 10.8. The summed E-state index contributed by atoms with van der Waals surface area (Å²) in [6.45, 7) is 7.00. The molecule has 1 fully saturated rings. The van der Waals surface area contributed by atoms with Crippen LogP contribution in [-0.2, 0) is 37.1 Å². The van der Waals surface area contributed by atoms with Gasteiger partial charge in [-0.15, -0.1) is 13.2 Å². The van der Waals surface area contributed by atoms with E-state index in [1.54, 1.807) is 0 Å². The number of nitrogens with two attached hydrogens (primary N) is 1. The van der Waals surface area contributed by atoms with E-state index in [0.29, 0.717) is 12.8 Å². The summed E-state index contributed by atoms with van der Waals surface area (Å²) in [6.07, 6.45) is 9.81. The normalized spacial score (nSPS) is 13.5. The second-order valence-corrected chi connectivity index (χ2v) is 10.8. The Morgan fingerprint density at radius 1 is 0.673 bits per heavy atom. The molecular weight excluding hydrogens is 634 g/mol. The van der Waals surface area contributed by atoms with Crippen molar-refractivity contribution in [3.63, 3.8) is 0 Å². The van der Waals surface area contributed by atoms with E-state index >= 15 is 0 Å². The van der Waals surface area contributed by atoms with Crippen LogP contribution >= 0.6 is 0 Å². The standard InChI is InChI=1S/C18H23NO4.C13H15NO4.C5H9NO2/c20-17(21)16(12-11-14-7-3-1-4-8-14)19-18(22)23-13-15-9-5-2-6-10-15;1-2-6-11(12(15)16)14-13(17)18-9-10-7-4-3-5-8-10;1-2-3-4(6)5(7)8/h2,5-6,9-11,16H,1,3-4,7-8,12-13H2,(H,19,22)(H,20,21);2-5,7-8,11H,1,6,9H2,(H,14,17)(H,15,16);2,4H,1,3,6H2,(H,7,8)/t16-;11-;4-/m111/s1. The molecule has 1 aliphatic rings. The molecule has 1 saturated carbocycles. The van der Waals surface area contributed by atoms with E-state index in [9.17, 15) is 29.1 Å². The highest BCUT2D eigenvalue weighted by molar-refractivity contribution is 5.80. The number of carbonyl (C=O) groups excluding carboxylic acids is 2. The van der Waals surface area contributed by atoms with Gasteiger partial charge in [0.25, 0.3) is 0 Å². The molecule has 0 radical (unpaired) electrons. The number of amides is 2. The Morgan fingerprint density at radius 3 is 1.47 bits per heavy atom. The Bertz CT molecular complexity index is 1360. The molecule has 2 aromatic carbocycles. The molecule has 3 atom stereocenters. The van der Waals surface area contributed by atoms with E-state index in [4.69, 9.17) is 25.4 Å². The van der Waals surface area contributed by atoms with Crippen molar-refractivity contribution in [3.8, 4) is 0 Å². The number of hydrogen-bond acceptors (Lipinski definition) is 8. The molecule has 0 saturated heterocycles. The summed E-state index contributed by atoms with van der Waals surface area (Å²) in [4.78, 5) is 55.1. The Morgan fingerprint density at radius 2 is 1.10 bits per heavy atom. The molecule has 49 heavy (non-hydrogen) atoms. The van der Waals surface area contributed by atoms with Gasteiger partial charge < -0.3 is 41.2 Å². The minimum Gasteiger partial charge on any atom is -0.480 e.